The molecule has 0 saturated carbocycles. The molecule has 0 saturated heterocycles. The third-order valence-corrected chi connectivity index (χ3v) is 0.800. The predicted molar refractivity (Wildman–Crippen MR) is 25.4 cm³/mol. The van der Waals surface area contributed by atoms with Crippen molar-refractivity contribution in [2.75, 3.05) is 6.61 Å². The van der Waals surface area contributed by atoms with Gasteiger partial charge in [0.1, 0.15) is 0 Å². The van der Waals surface area contributed by atoms with Gasteiger partial charge in [-0.1, -0.05) is 0 Å². The molecule has 0 aromatic rings. The van der Waals surface area contributed by atoms with Crippen LogP contribution in [0.25, 0.3) is 0 Å². The van der Waals surface area contributed by atoms with Crippen LogP contribution in [0.1, 0.15) is 9.78 Å². The summed E-state index contributed by atoms with van der Waals surface area (Å²) in [6.45, 7) is 1.44. The number of hydrogen-bond acceptors (Lipinski definition) is 3. The molecule has 7 heteroatoms. The fourth-order valence-corrected chi connectivity index (χ4v) is 0.447. The SMILES string of the molecule is CCOS(=O)(=O)O.[H-].[H-].[Li+].[Li+]. The maximum absolute atomic E-state index is 9.56. The Morgan fingerprint density at radius 1 is 1.56 bits per heavy atom. The van der Waals surface area contributed by atoms with Crippen LogP contribution in [0.4, 0.5) is 0 Å². The van der Waals surface area contributed by atoms with Crippen LogP contribution in [-0.4, -0.2) is 19.6 Å². The van der Waals surface area contributed by atoms with Crippen molar-refractivity contribution in [2.24, 2.45) is 0 Å². The minimum atomic E-state index is -4.17. The maximum Gasteiger partial charge on any atom is 1.00 e. The molecule has 9 heavy (non-hydrogen) atoms. The normalized spacial score (nSPS) is 9.11. The summed E-state index contributed by atoms with van der Waals surface area (Å²) in [6.07, 6.45) is 0. The van der Waals surface area contributed by atoms with Gasteiger partial charge in [0, 0.05) is 0 Å². The van der Waals surface area contributed by atoms with Crippen molar-refractivity contribution in [1.29, 1.82) is 0 Å². The van der Waals surface area contributed by atoms with Crippen LogP contribution < -0.4 is 37.7 Å². The van der Waals surface area contributed by atoms with Crippen molar-refractivity contribution in [3.8, 4) is 0 Å². The standard InChI is InChI=1S/C2H6O4S.2Li.2H/c1-2-6-7(3,4)5;;;;/h2H2,1H3,(H,3,4,5);;;;/q;2*+1;2*-1. The quantitative estimate of drug-likeness (QED) is 0.308. The molecule has 0 fully saturated rings. The fourth-order valence-electron chi connectivity index (χ4n) is 0.149. The molecule has 0 aliphatic carbocycles. The first-order valence-electron chi connectivity index (χ1n) is 1.68. The first-order valence-corrected chi connectivity index (χ1v) is 3.04. The Kier molecular flexibility index (Phi) is 13.2. The zero-order valence-electron chi connectivity index (χ0n) is 7.79. The summed E-state index contributed by atoms with van der Waals surface area (Å²) >= 11 is 0. The summed E-state index contributed by atoms with van der Waals surface area (Å²) in [6, 6.07) is 0. The molecule has 0 aliphatic heterocycles. The van der Waals surface area contributed by atoms with Crippen molar-refractivity contribution in [3.05, 3.63) is 0 Å². The van der Waals surface area contributed by atoms with Crippen molar-refractivity contribution >= 4 is 10.4 Å². The van der Waals surface area contributed by atoms with Crippen molar-refractivity contribution in [3.63, 3.8) is 0 Å². The molecule has 0 aromatic heterocycles. The van der Waals surface area contributed by atoms with Crippen LogP contribution in [0.5, 0.6) is 0 Å². The molecule has 4 nitrogen and oxygen atoms in total. The van der Waals surface area contributed by atoms with E-state index >= 15 is 0 Å². The van der Waals surface area contributed by atoms with Gasteiger partial charge in [-0.15, -0.1) is 0 Å². The number of hydrogen-bond donors (Lipinski definition) is 1. The molecular weight excluding hydrogens is 134 g/mol. The van der Waals surface area contributed by atoms with Gasteiger partial charge < -0.3 is 2.85 Å². The van der Waals surface area contributed by atoms with Crippen molar-refractivity contribution in [2.45, 2.75) is 6.92 Å². The summed E-state index contributed by atoms with van der Waals surface area (Å²) < 4.78 is 30.7. The summed E-state index contributed by atoms with van der Waals surface area (Å²) in [4.78, 5) is 0. The Labute approximate surface area is 81.6 Å². The van der Waals surface area contributed by atoms with E-state index in [2.05, 4.69) is 4.18 Å². The van der Waals surface area contributed by atoms with Gasteiger partial charge in [0.05, 0.1) is 6.61 Å². The van der Waals surface area contributed by atoms with Crippen LogP contribution in [-0.2, 0) is 14.6 Å². The molecule has 0 spiro atoms. The van der Waals surface area contributed by atoms with Gasteiger partial charge in [-0.25, -0.2) is 4.18 Å². The van der Waals surface area contributed by atoms with Crippen molar-refractivity contribution in [1.82, 2.24) is 0 Å². The second-order valence-corrected chi connectivity index (χ2v) is 1.93. The molecule has 0 bridgehead atoms. The van der Waals surface area contributed by atoms with Gasteiger partial charge in [0.2, 0.25) is 0 Å². The predicted octanol–water partition coefficient (Wildman–Crippen LogP) is -5.94. The fraction of sp³-hybridized carbons (Fsp3) is 1.00. The maximum atomic E-state index is 9.56. The van der Waals surface area contributed by atoms with E-state index in [9.17, 15) is 8.42 Å². The third-order valence-electron chi connectivity index (χ3n) is 0.267. The zero-order chi connectivity index (χ0) is 5.91. The average Bonchev–Trinajstić information content (AvgIpc) is 1.30. The molecule has 48 valence electrons. The minimum absolute atomic E-state index is 0. The molecule has 0 aliphatic rings. The third kappa shape index (κ3) is 17.6. The van der Waals surface area contributed by atoms with E-state index in [1.165, 1.54) is 6.92 Å². The van der Waals surface area contributed by atoms with Crippen LogP contribution in [0.15, 0.2) is 0 Å². The van der Waals surface area contributed by atoms with Gasteiger partial charge in [-0.2, -0.15) is 8.42 Å². The molecule has 1 N–H and O–H groups in total. The van der Waals surface area contributed by atoms with E-state index < -0.39 is 10.4 Å². The number of rotatable bonds is 2. The zero-order valence-corrected chi connectivity index (χ0v) is 6.60. The van der Waals surface area contributed by atoms with Gasteiger partial charge in [0.25, 0.3) is 0 Å². The topological polar surface area (TPSA) is 63.6 Å². The molecule has 0 radical (unpaired) electrons. The summed E-state index contributed by atoms with van der Waals surface area (Å²) in [5, 5.41) is 0. The molecule has 0 heterocycles. The smallest absolute Gasteiger partial charge is 1.00 e. The summed E-state index contributed by atoms with van der Waals surface area (Å²) in [5.41, 5.74) is 0. The Morgan fingerprint density at radius 2 is 1.89 bits per heavy atom. The van der Waals surface area contributed by atoms with Crippen molar-refractivity contribution < 1.29 is 57.7 Å². The Bertz CT molecular complexity index is 137. The summed E-state index contributed by atoms with van der Waals surface area (Å²) in [7, 11) is -4.17. The van der Waals surface area contributed by atoms with Gasteiger partial charge in [0.15, 0.2) is 0 Å². The molecule has 0 amide bonds. The van der Waals surface area contributed by atoms with Crippen LogP contribution in [0, 0.1) is 0 Å². The van der Waals surface area contributed by atoms with E-state index in [0.29, 0.717) is 0 Å². The van der Waals surface area contributed by atoms with Crippen LogP contribution in [0.2, 0.25) is 0 Å². The monoisotopic (exact) mass is 142 g/mol. The van der Waals surface area contributed by atoms with Crippen LogP contribution >= 0.6 is 0 Å². The van der Waals surface area contributed by atoms with E-state index in [-0.39, 0.29) is 47.2 Å². The minimum Gasteiger partial charge on any atom is -1.00 e. The van der Waals surface area contributed by atoms with E-state index in [1.54, 1.807) is 0 Å². The van der Waals surface area contributed by atoms with E-state index in [4.69, 9.17) is 4.55 Å². The molecular formula is C2H8Li2O4S. The van der Waals surface area contributed by atoms with Gasteiger partial charge >= 0.3 is 48.1 Å². The molecule has 0 aromatic carbocycles. The Hall–Kier alpha value is 1.06. The van der Waals surface area contributed by atoms with E-state index in [0.717, 1.165) is 0 Å². The first kappa shape index (κ1) is 16.6. The Balaban J connectivity index is -0.0000000300. The average molecular weight is 142 g/mol. The van der Waals surface area contributed by atoms with Gasteiger partial charge in [-0.05, 0) is 6.92 Å². The second kappa shape index (κ2) is 7.18. The van der Waals surface area contributed by atoms with Crippen LogP contribution in [0.3, 0.4) is 0 Å². The largest absolute Gasteiger partial charge is 1.00 e. The van der Waals surface area contributed by atoms with Gasteiger partial charge in [-0.3, -0.25) is 4.55 Å². The molecule has 0 atom stereocenters. The second-order valence-electron chi connectivity index (χ2n) is 0.834. The first-order chi connectivity index (χ1) is 3.06. The summed E-state index contributed by atoms with van der Waals surface area (Å²) in [5.74, 6) is 0. The Morgan fingerprint density at radius 3 is 1.89 bits per heavy atom. The molecule has 0 unspecified atom stereocenters. The van der Waals surface area contributed by atoms with E-state index in [1.807, 2.05) is 0 Å². The molecule has 0 rings (SSSR count).